The van der Waals surface area contributed by atoms with Crippen LogP contribution in [0.5, 0.6) is 5.75 Å². The quantitative estimate of drug-likeness (QED) is 0.748. The number of carbonyl (C=O) groups excluding carboxylic acids is 2. The van der Waals surface area contributed by atoms with Crippen LogP contribution in [0.4, 0.5) is 0 Å². The molecule has 1 heterocycles. The van der Waals surface area contributed by atoms with Gasteiger partial charge >= 0.3 is 0 Å². The molecule has 0 spiro atoms. The summed E-state index contributed by atoms with van der Waals surface area (Å²) >= 11 is 0. The van der Waals surface area contributed by atoms with E-state index in [1.807, 2.05) is 47.4 Å². The number of rotatable bonds is 6. The summed E-state index contributed by atoms with van der Waals surface area (Å²) in [4.78, 5) is 25.8. The Hall–Kier alpha value is -2.66. The van der Waals surface area contributed by atoms with Crippen LogP contribution in [0, 0.1) is 0 Å². The molecule has 0 saturated carbocycles. The van der Waals surface area contributed by atoms with Crippen molar-refractivity contribution >= 4 is 12.2 Å². The molecule has 1 fully saturated rings. The number of aldehydes is 1. The molecule has 0 aromatic heterocycles. The third kappa shape index (κ3) is 4.11. The smallest absolute Gasteiger partial charge is 0.254 e. The Balaban J connectivity index is 1.62. The molecule has 0 bridgehead atoms. The van der Waals surface area contributed by atoms with Crippen LogP contribution < -0.4 is 4.74 Å². The van der Waals surface area contributed by atoms with Gasteiger partial charge in [-0.3, -0.25) is 9.59 Å². The molecule has 0 radical (unpaired) electrons. The van der Waals surface area contributed by atoms with Crippen molar-refractivity contribution in [3.8, 4) is 5.75 Å². The van der Waals surface area contributed by atoms with E-state index < -0.39 is 0 Å². The van der Waals surface area contributed by atoms with E-state index in [9.17, 15) is 9.59 Å². The summed E-state index contributed by atoms with van der Waals surface area (Å²) in [6, 6.07) is 14.8. The zero-order chi connectivity index (χ0) is 18.4. The lowest BCUT2D eigenvalue weighted by Crippen LogP contribution is -2.42. The van der Waals surface area contributed by atoms with E-state index in [2.05, 4.69) is 0 Å². The van der Waals surface area contributed by atoms with Crippen molar-refractivity contribution in [3.05, 3.63) is 65.2 Å². The molecule has 2 aromatic carbocycles. The predicted molar refractivity (Wildman–Crippen MR) is 98.5 cm³/mol. The number of hydrogen-bond donors (Lipinski definition) is 0. The Morgan fingerprint density at radius 3 is 2.54 bits per heavy atom. The first-order valence-electron chi connectivity index (χ1n) is 8.80. The summed E-state index contributed by atoms with van der Waals surface area (Å²) in [5.74, 6) is 0.641. The maximum atomic E-state index is 12.8. The summed E-state index contributed by atoms with van der Waals surface area (Å²) in [7, 11) is 1.63. The topological polar surface area (TPSA) is 55.8 Å². The first-order chi connectivity index (χ1) is 12.7. The zero-order valence-corrected chi connectivity index (χ0v) is 14.9. The van der Waals surface area contributed by atoms with Gasteiger partial charge < -0.3 is 14.4 Å². The van der Waals surface area contributed by atoms with Crippen LogP contribution in [0.1, 0.15) is 39.1 Å². The number of hydrogen-bond acceptors (Lipinski definition) is 4. The number of para-hydroxylation sites is 1. The van der Waals surface area contributed by atoms with Crippen molar-refractivity contribution in [2.24, 2.45) is 0 Å². The Labute approximate surface area is 153 Å². The molecule has 1 aliphatic heterocycles. The predicted octanol–water partition coefficient (Wildman–Crippen LogP) is 3.33. The highest BCUT2D eigenvalue weighted by Crippen LogP contribution is 2.23. The lowest BCUT2D eigenvalue weighted by Gasteiger charge is -2.32. The van der Waals surface area contributed by atoms with Gasteiger partial charge in [0.25, 0.3) is 5.91 Å². The largest absolute Gasteiger partial charge is 0.490 e. The van der Waals surface area contributed by atoms with Gasteiger partial charge in [-0.05, 0) is 23.8 Å². The van der Waals surface area contributed by atoms with Crippen molar-refractivity contribution in [1.29, 1.82) is 0 Å². The molecule has 1 aliphatic rings. The lowest BCUT2D eigenvalue weighted by atomic mass is 10.0. The van der Waals surface area contributed by atoms with Gasteiger partial charge in [0.2, 0.25) is 0 Å². The van der Waals surface area contributed by atoms with Gasteiger partial charge in [-0.15, -0.1) is 0 Å². The average molecular weight is 353 g/mol. The number of methoxy groups -OCH3 is 1. The SMILES string of the molecule is COCc1ccccc1C(=O)N1CCC(Oc2ccccc2C=O)CC1. The first kappa shape index (κ1) is 18.1. The molecular formula is C21H23NO4. The highest BCUT2D eigenvalue weighted by Gasteiger charge is 2.26. The second-order valence-electron chi connectivity index (χ2n) is 6.36. The Morgan fingerprint density at radius 1 is 1.12 bits per heavy atom. The number of benzene rings is 2. The Morgan fingerprint density at radius 2 is 1.81 bits per heavy atom. The van der Waals surface area contributed by atoms with Crippen molar-refractivity contribution < 1.29 is 19.1 Å². The molecule has 1 saturated heterocycles. The number of carbonyl (C=O) groups is 2. The molecule has 0 aliphatic carbocycles. The second kappa shape index (κ2) is 8.63. The van der Waals surface area contributed by atoms with Crippen LogP contribution in [0.15, 0.2) is 48.5 Å². The van der Waals surface area contributed by atoms with E-state index in [0.717, 1.165) is 24.7 Å². The summed E-state index contributed by atoms with van der Waals surface area (Å²) < 4.78 is 11.2. The number of ether oxygens (including phenoxy) is 2. The number of piperidine rings is 1. The summed E-state index contributed by atoms with van der Waals surface area (Å²) in [6.45, 7) is 1.69. The molecule has 136 valence electrons. The van der Waals surface area contributed by atoms with E-state index in [0.29, 0.717) is 36.6 Å². The van der Waals surface area contributed by atoms with Crippen LogP contribution >= 0.6 is 0 Å². The minimum atomic E-state index is 0.00867. The Kier molecular flexibility index (Phi) is 6.02. The normalized spacial score (nSPS) is 14.9. The fraction of sp³-hybridized carbons (Fsp3) is 0.333. The first-order valence-corrected chi connectivity index (χ1v) is 8.80. The monoisotopic (exact) mass is 353 g/mol. The van der Waals surface area contributed by atoms with Gasteiger partial charge in [-0.2, -0.15) is 0 Å². The number of likely N-dealkylation sites (tertiary alicyclic amines) is 1. The summed E-state index contributed by atoms with van der Waals surface area (Å²) in [5, 5.41) is 0. The highest BCUT2D eigenvalue weighted by atomic mass is 16.5. The second-order valence-corrected chi connectivity index (χ2v) is 6.36. The van der Waals surface area contributed by atoms with Crippen molar-refractivity contribution in [3.63, 3.8) is 0 Å². The molecule has 3 rings (SSSR count). The molecule has 0 N–H and O–H groups in total. The van der Waals surface area contributed by atoms with Gasteiger partial charge in [-0.1, -0.05) is 30.3 Å². The number of nitrogens with zero attached hydrogens (tertiary/aromatic N) is 1. The van der Waals surface area contributed by atoms with E-state index >= 15 is 0 Å². The van der Waals surface area contributed by atoms with Crippen LogP contribution in [0.25, 0.3) is 0 Å². The standard InChI is InChI=1S/C21H23NO4/c1-25-15-17-7-2-4-8-19(17)21(24)22-12-10-18(11-13-22)26-20-9-5-3-6-16(20)14-23/h2-9,14,18H,10-13,15H2,1H3. The number of amides is 1. The van der Waals surface area contributed by atoms with Gasteiger partial charge in [0.1, 0.15) is 11.9 Å². The van der Waals surface area contributed by atoms with Crippen molar-refractivity contribution in [2.75, 3.05) is 20.2 Å². The minimum Gasteiger partial charge on any atom is -0.490 e. The molecule has 1 amide bonds. The molecule has 5 heteroatoms. The molecule has 5 nitrogen and oxygen atoms in total. The molecule has 26 heavy (non-hydrogen) atoms. The van der Waals surface area contributed by atoms with Crippen molar-refractivity contribution in [2.45, 2.75) is 25.6 Å². The highest BCUT2D eigenvalue weighted by molar-refractivity contribution is 5.95. The zero-order valence-electron chi connectivity index (χ0n) is 14.9. The van der Waals surface area contributed by atoms with Gasteiger partial charge in [0, 0.05) is 38.6 Å². The lowest BCUT2D eigenvalue weighted by molar-refractivity contribution is 0.0590. The van der Waals surface area contributed by atoms with Crippen molar-refractivity contribution in [1.82, 2.24) is 4.90 Å². The van der Waals surface area contributed by atoms with E-state index in [1.165, 1.54) is 0 Å². The van der Waals surface area contributed by atoms with E-state index in [-0.39, 0.29) is 12.0 Å². The van der Waals surface area contributed by atoms with Gasteiger partial charge in [0.05, 0.1) is 12.2 Å². The van der Waals surface area contributed by atoms with E-state index in [1.54, 1.807) is 13.2 Å². The third-order valence-corrected chi connectivity index (χ3v) is 4.62. The van der Waals surface area contributed by atoms with Crippen LogP contribution in [0.3, 0.4) is 0 Å². The maximum absolute atomic E-state index is 12.8. The van der Waals surface area contributed by atoms with Gasteiger partial charge in [-0.25, -0.2) is 0 Å². The van der Waals surface area contributed by atoms with Crippen LogP contribution in [0.2, 0.25) is 0 Å². The van der Waals surface area contributed by atoms with E-state index in [4.69, 9.17) is 9.47 Å². The van der Waals surface area contributed by atoms with Gasteiger partial charge in [0.15, 0.2) is 6.29 Å². The minimum absolute atomic E-state index is 0.00867. The fourth-order valence-electron chi connectivity index (χ4n) is 3.22. The van der Waals surface area contributed by atoms with Crippen LogP contribution in [-0.2, 0) is 11.3 Å². The third-order valence-electron chi connectivity index (χ3n) is 4.62. The molecule has 0 atom stereocenters. The molecule has 0 unspecified atom stereocenters. The molecular weight excluding hydrogens is 330 g/mol. The summed E-state index contributed by atoms with van der Waals surface area (Å²) in [6.07, 6.45) is 2.30. The Bertz CT molecular complexity index is 766. The van der Waals surface area contributed by atoms with Crippen LogP contribution in [-0.4, -0.2) is 43.4 Å². The average Bonchev–Trinajstić information content (AvgIpc) is 2.69. The molecule has 2 aromatic rings. The summed E-state index contributed by atoms with van der Waals surface area (Å²) in [5.41, 5.74) is 2.15. The maximum Gasteiger partial charge on any atom is 0.254 e. The fourth-order valence-corrected chi connectivity index (χ4v) is 3.22.